The van der Waals surface area contributed by atoms with Crippen LogP contribution in [0.1, 0.15) is 46.6 Å². The Balaban J connectivity index is 1.69. The Hall–Kier alpha value is -3.74. The van der Waals surface area contributed by atoms with E-state index in [9.17, 15) is 23.2 Å². The number of nitriles is 1. The molecule has 0 aliphatic heterocycles. The lowest BCUT2D eigenvalue weighted by molar-refractivity contribution is -0.137. The molecule has 10 heteroatoms. The molecule has 4 rings (SSSR count). The molecule has 1 fully saturated rings. The first-order chi connectivity index (χ1) is 15.7. The third kappa shape index (κ3) is 4.58. The number of nitrogens with two attached hydrogens (primary N) is 1. The van der Waals surface area contributed by atoms with Crippen molar-refractivity contribution in [3.05, 3.63) is 59.2 Å². The Morgan fingerprint density at radius 1 is 1.24 bits per heavy atom. The van der Waals surface area contributed by atoms with Crippen LogP contribution < -0.4 is 5.73 Å². The molecular formula is C23H21F3N6O. The van der Waals surface area contributed by atoms with Gasteiger partial charge in [-0.2, -0.15) is 18.4 Å². The molecule has 0 bridgehead atoms. The van der Waals surface area contributed by atoms with Crippen LogP contribution in [-0.4, -0.2) is 31.8 Å². The summed E-state index contributed by atoms with van der Waals surface area (Å²) in [6.45, 7) is 1.78. The number of carbonyl (C=O) groups excluding carboxylic acids is 1. The highest BCUT2D eigenvalue weighted by Crippen LogP contribution is 2.32. The minimum absolute atomic E-state index is 0.0292. The van der Waals surface area contributed by atoms with Gasteiger partial charge in [-0.3, -0.25) is 9.78 Å². The number of hydrogen-bond donors (Lipinski definition) is 1. The topological polar surface area (TPSA) is 109 Å². The Bertz CT molecular complexity index is 1240. The molecule has 7 nitrogen and oxygen atoms in total. The summed E-state index contributed by atoms with van der Waals surface area (Å²) in [7, 11) is 0. The van der Waals surface area contributed by atoms with Crippen LogP contribution in [0.4, 0.5) is 19.0 Å². The number of halogens is 3. The minimum Gasteiger partial charge on any atom is -0.383 e. The second-order valence-electron chi connectivity index (χ2n) is 8.16. The molecule has 1 aliphatic rings. The molecule has 0 radical (unpaired) electrons. The van der Waals surface area contributed by atoms with E-state index in [0.717, 1.165) is 24.2 Å². The number of aryl methyl sites for hydroxylation is 1. The summed E-state index contributed by atoms with van der Waals surface area (Å²) in [6, 6.07) is 7.49. The molecule has 3 aromatic rings. The van der Waals surface area contributed by atoms with Crippen LogP contribution in [0, 0.1) is 24.2 Å². The maximum Gasteiger partial charge on any atom is 0.417 e. The first kappa shape index (κ1) is 22.5. The van der Waals surface area contributed by atoms with E-state index in [1.807, 2.05) is 13.0 Å². The molecule has 1 aliphatic carbocycles. The number of fused-ring (bicyclic) bond motifs is 1. The second-order valence-corrected chi connectivity index (χ2v) is 8.16. The van der Waals surface area contributed by atoms with Gasteiger partial charge in [-0.15, -0.1) is 0 Å². The zero-order chi connectivity index (χ0) is 23.8. The van der Waals surface area contributed by atoms with Crippen molar-refractivity contribution in [1.82, 2.24) is 19.9 Å². The zero-order valence-corrected chi connectivity index (χ0v) is 17.8. The quantitative estimate of drug-likeness (QED) is 0.631. The fraction of sp³-hybridized carbons (Fsp3) is 0.348. The zero-order valence-electron chi connectivity index (χ0n) is 17.8. The number of alkyl halides is 3. The molecule has 2 atom stereocenters. The average Bonchev–Trinajstić information content (AvgIpc) is 3.26. The van der Waals surface area contributed by atoms with Gasteiger partial charge < -0.3 is 10.6 Å². The van der Waals surface area contributed by atoms with E-state index in [-0.39, 0.29) is 24.2 Å². The van der Waals surface area contributed by atoms with Crippen molar-refractivity contribution in [3.8, 4) is 6.07 Å². The van der Waals surface area contributed by atoms with Gasteiger partial charge in [0.15, 0.2) is 0 Å². The standard InChI is InChI=1S/C23H21F3N6O/c1-13-7-15-8-18(30-11-19(15)31-21(13)28)22(33)32(20-4-2-3-14(20)9-27)12-17-6-5-16(10-29-17)23(24,25)26/h5-8,10-11,14,20H,2-4,12H2,1H3,(H2,28,31). The Morgan fingerprint density at radius 3 is 2.70 bits per heavy atom. The van der Waals surface area contributed by atoms with E-state index in [2.05, 4.69) is 21.0 Å². The van der Waals surface area contributed by atoms with Crippen LogP contribution in [0.5, 0.6) is 0 Å². The maximum absolute atomic E-state index is 13.5. The summed E-state index contributed by atoms with van der Waals surface area (Å²) in [5.74, 6) is -0.408. The van der Waals surface area contributed by atoms with Gasteiger partial charge >= 0.3 is 6.18 Å². The van der Waals surface area contributed by atoms with Crippen molar-refractivity contribution in [2.24, 2.45) is 5.92 Å². The predicted octanol–water partition coefficient (Wildman–Crippen LogP) is 4.27. The summed E-state index contributed by atoms with van der Waals surface area (Å²) in [5, 5.41) is 10.3. The van der Waals surface area contributed by atoms with E-state index in [1.165, 1.54) is 17.2 Å². The van der Waals surface area contributed by atoms with Crippen molar-refractivity contribution in [3.63, 3.8) is 0 Å². The maximum atomic E-state index is 13.5. The smallest absolute Gasteiger partial charge is 0.383 e. The lowest BCUT2D eigenvalue weighted by Crippen LogP contribution is -2.42. The van der Waals surface area contributed by atoms with E-state index < -0.39 is 17.6 Å². The Morgan fingerprint density at radius 2 is 2.03 bits per heavy atom. The van der Waals surface area contributed by atoms with Crippen molar-refractivity contribution < 1.29 is 18.0 Å². The normalized spacial score (nSPS) is 18.3. The van der Waals surface area contributed by atoms with Crippen LogP contribution in [0.25, 0.3) is 10.9 Å². The lowest BCUT2D eigenvalue weighted by Gasteiger charge is -2.30. The van der Waals surface area contributed by atoms with Gasteiger partial charge in [-0.1, -0.05) is 0 Å². The number of hydrogen-bond acceptors (Lipinski definition) is 6. The number of pyridine rings is 3. The summed E-state index contributed by atoms with van der Waals surface area (Å²) >= 11 is 0. The number of carbonyl (C=O) groups is 1. The Kier molecular flexibility index (Phi) is 5.89. The number of anilines is 1. The van der Waals surface area contributed by atoms with Gasteiger partial charge in [0.2, 0.25) is 0 Å². The summed E-state index contributed by atoms with van der Waals surface area (Å²) in [4.78, 5) is 27.4. The van der Waals surface area contributed by atoms with Crippen LogP contribution in [-0.2, 0) is 12.7 Å². The first-order valence-corrected chi connectivity index (χ1v) is 10.4. The fourth-order valence-corrected chi connectivity index (χ4v) is 4.13. The van der Waals surface area contributed by atoms with Crippen LogP contribution in [0.2, 0.25) is 0 Å². The van der Waals surface area contributed by atoms with Gasteiger partial charge in [0.25, 0.3) is 5.91 Å². The molecule has 3 heterocycles. The van der Waals surface area contributed by atoms with E-state index in [4.69, 9.17) is 5.73 Å². The molecule has 0 aromatic carbocycles. The third-order valence-corrected chi connectivity index (χ3v) is 5.94. The van der Waals surface area contributed by atoms with Crippen molar-refractivity contribution in [2.45, 2.75) is 44.9 Å². The average molecular weight is 454 g/mol. The number of rotatable bonds is 4. The highest BCUT2D eigenvalue weighted by atomic mass is 19.4. The van der Waals surface area contributed by atoms with Gasteiger partial charge in [0.1, 0.15) is 11.5 Å². The largest absolute Gasteiger partial charge is 0.417 e. The third-order valence-electron chi connectivity index (χ3n) is 5.94. The van der Waals surface area contributed by atoms with Crippen LogP contribution in [0.15, 0.2) is 36.7 Å². The number of nitrogens with zero attached hydrogens (tertiary/aromatic N) is 5. The summed E-state index contributed by atoms with van der Waals surface area (Å²) < 4.78 is 38.7. The van der Waals surface area contributed by atoms with Crippen LogP contribution >= 0.6 is 0 Å². The SMILES string of the molecule is Cc1cc2cc(C(=O)N(Cc3ccc(C(F)(F)F)cn3)C3CCCC3C#N)ncc2nc1N. The highest BCUT2D eigenvalue weighted by Gasteiger charge is 2.36. The number of aromatic nitrogens is 3. The number of nitrogen functional groups attached to an aromatic ring is 1. The summed E-state index contributed by atoms with van der Waals surface area (Å²) in [5.41, 5.74) is 6.74. The van der Waals surface area contributed by atoms with E-state index >= 15 is 0 Å². The molecule has 3 aromatic heterocycles. The van der Waals surface area contributed by atoms with E-state index in [0.29, 0.717) is 35.3 Å². The van der Waals surface area contributed by atoms with Gasteiger partial charge in [-0.05, 0) is 56.0 Å². The van der Waals surface area contributed by atoms with Crippen molar-refractivity contribution >= 4 is 22.6 Å². The monoisotopic (exact) mass is 454 g/mol. The lowest BCUT2D eigenvalue weighted by atomic mass is 10.0. The highest BCUT2D eigenvalue weighted by molar-refractivity contribution is 5.96. The molecule has 170 valence electrons. The molecular weight excluding hydrogens is 433 g/mol. The molecule has 1 saturated carbocycles. The minimum atomic E-state index is -4.50. The molecule has 33 heavy (non-hydrogen) atoms. The fourth-order valence-electron chi connectivity index (χ4n) is 4.13. The summed E-state index contributed by atoms with van der Waals surface area (Å²) in [6.07, 6.45) is -0.233. The Labute approximate surface area is 188 Å². The van der Waals surface area contributed by atoms with Gasteiger partial charge in [0, 0.05) is 17.6 Å². The molecule has 0 spiro atoms. The molecule has 1 amide bonds. The molecule has 2 unspecified atom stereocenters. The van der Waals surface area contributed by atoms with Crippen molar-refractivity contribution in [1.29, 1.82) is 5.26 Å². The molecule has 0 saturated heterocycles. The molecule has 2 N–H and O–H groups in total. The second kappa shape index (κ2) is 8.65. The number of amides is 1. The van der Waals surface area contributed by atoms with E-state index in [1.54, 1.807) is 6.07 Å². The van der Waals surface area contributed by atoms with Gasteiger partial charge in [0.05, 0.1) is 41.5 Å². The van der Waals surface area contributed by atoms with Gasteiger partial charge in [-0.25, -0.2) is 9.97 Å². The van der Waals surface area contributed by atoms with Crippen LogP contribution in [0.3, 0.4) is 0 Å². The van der Waals surface area contributed by atoms with Crippen molar-refractivity contribution in [2.75, 3.05) is 5.73 Å². The first-order valence-electron chi connectivity index (χ1n) is 10.4. The predicted molar refractivity (Wildman–Crippen MR) is 115 cm³/mol.